The lowest BCUT2D eigenvalue weighted by Gasteiger charge is -2.11. The first-order valence-electron chi connectivity index (χ1n) is 5.34. The smallest absolute Gasteiger partial charge is 0.275 e. The molecule has 0 bridgehead atoms. The van der Waals surface area contributed by atoms with E-state index in [0.29, 0.717) is 11.8 Å². The average Bonchev–Trinajstić information content (AvgIpc) is 2.27. The Bertz CT molecular complexity index is 523. The Labute approximate surface area is 119 Å². The topological polar surface area (TPSA) is 24.4 Å². The predicted octanol–water partition coefficient (Wildman–Crippen LogP) is 4.75. The van der Waals surface area contributed by atoms with Gasteiger partial charge in [0, 0.05) is 4.90 Å². The van der Waals surface area contributed by atoms with Crippen LogP contribution in [0.2, 0.25) is 0 Å². The van der Waals surface area contributed by atoms with Crippen LogP contribution >= 0.6 is 11.8 Å². The standard InChI is InChI=1S/C11H9F7N2S/c1-6-2-7(12)8(20-19-4-10(13,14)15)3-9(6)21-5-11(16,17)18/h2-4,20H,5H2,1H3/b19-4+. The van der Waals surface area contributed by atoms with Crippen molar-refractivity contribution in [1.29, 1.82) is 0 Å². The van der Waals surface area contributed by atoms with Gasteiger partial charge in [-0.3, -0.25) is 5.43 Å². The van der Waals surface area contributed by atoms with Crippen LogP contribution in [0.3, 0.4) is 0 Å². The number of hydrogen-bond acceptors (Lipinski definition) is 3. The Morgan fingerprint density at radius 3 is 2.33 bits per heavy atom. The Morgan fingerprint density at radius 1 is 1.19 bits per heavy atom. The van der Waals surface area contributed by atoms with E-state index < -0.39 is 35.8 Å². The van der Waals surface area contributed by atoms with Crippen LogP contribution in [0.25, 0.3) is 0 Å². The van der Waals surface area contributed by atoms with Gasteiger partial charge < -0.3 is 0 Å². The quantitative estimate of drug-likeness (QED) is 0.372. The molecular formula is C11H9F7N2S. The molecule has 118 valence electrons. The highest BCUT2D eigenvalue weighted by atomic mass is 32.2. The Morgan fingerprint density at radius 2 is 1.81 bits per heavy atom. The lowest BCUT2D eigenvalue weighted by Crippen LogP contribution is -2.11. The number of anilines is 1. The van der Waals surface area contributed by atoms with Crippen LogP contribution in [-0.2, 0) is 0 Å². The molecule has 0 aliphatic carbocycles. The molecule has 21 heavy (non-hydrogen) atoms. The Hall–Kier alpha value is -1.45. The van der Waals surface area contributed by atoms with Crippen LogP contribution in [0.15, 0.2) is 22.1 Å². The van der Waals surface area contributed by atoms with E-state index in [9.17, 15) is 30.7 Å². The third-order valence-corrected chi connectivity index (χ3v) is 3.27. The summed E-state index contributed by atoms with van der Waals surface area (Å²) in [6, 6.07) is 1.90. The fourth-order valence-corrected chi connectivity index (χ4v) is 2.04. The van der Waals surface area contributed by atoms with Crippen molar-refractivity contribution in [1.82, 2.24) is 0 Å². The highest BCUT2D eigenvalue weighted by Crippen LogP contribution is 2.32. The molecule has 0 fully saturated rings. The molecule has 0 aromatic heterocycles. The Balaban J connectivity index is 2.88. The normalized spacial score (nSPS) is 13.0. The molecule has 0 aliphatic heterocycles. The van der Waals surface area contributed by atoms with Crippen molar-refractivity contribution >= 4 is 23.7 Å². The maximum absolute atomic E-state index is 13.5. The molecule has 1 aromatic carbocycles. The first-order valence-corrected chi connectivity index (χ1v) is 6.33. The molecular weight excluding hydrogens is 325 g/mol. The van der Waals surface area contributed by atoms with Crippen molar-refractivity contribution in [3.8, 4) is 0 Å². The zero-order valence-corrected chi connectivity index (χ0v) is 11.3. The molecule has 0 radical (unpaired) electrons. The SMILES string of the molecule is Cc1cc(F)c(N/N=C/C(F)(F)F)cc1SCC(F)(F)F. The van der Waals surface area contributed by atoms with Gasteiger partial charge in [0.1, 0.15) is 12.0 Å². The number of nitrogens with zero attached hydrogens (tertiary/aromatic N) is 1. The molecule has 0 saturated heterocycles. The van der Waals surface area contributed by atoms with Gasteiger partial charge in [-0.05, 0) is 24.6 Å². The van der Waals surface area contributed by atoms with Crippen molar-refractivity contribution in [3.05, 3.63) is 23.5 Å². The van der Waals surface area contributed by atoms with Crippen LogP contribution in [0.4, 0.5) is 36.4 Å². The second-order valence-electron chi connectivity index (χ2n) is 3.91. The van der Waals surface area contributed by atoms with Crippen LogP contribution in [-0.4, -0.2) is 24.3 Å². The van der Waals surface area contributed by atoms with E-state index in [2.05, 4.69) is 5.10 Å². The monoisotopic (exact) mass is 334 g/mol. The largest absolute Gasteiger partial charge is 0.428 e. The number of hydrazone groups is 1. The highest BCUT2D eigenvalue weighted by molar-refractivity contribution is 7.99. The fraction of sp³-hybridized carbons (Fsp3) is 0.364. The van der Waals surface area contributed by atoms with Crippen molar-refractivity contribution < 1.29 is 30.7 Å². The molecule has 0 spiro atoms. The lowest BCUT2D eigenvalue weighted by molar-refractivity contribution is -0.105. The summed E-state index contributed by atoms with van der Waals surface area (Å²) in [5.41, 5.74) is 1.62. The maximum Gasteiger partial charge on any atom is 0.428 e. The van der Waals surface area contributed by atoms with E-state index in [-0.39, 0.29) is 10.5 Å². The second-order valence-corrected chi connectivity index (χ2v) is 4.93. The molecule has 0 heterocycles. The number of halogens is 7. The van der Waals surface area contributed by atoms with E-state index in [0.717, 1.165) is 12.1 Å². The lowest BCUT2D eigenvalue weighted by atomic mass is 10.2. The number of nitrogens with one attached hydrogen (secondary N) is 1. The van der Waals surface area contributed by atoms with Gasteiger partial charge in [0.05, 0.1) is 11.4 Å². The summed E-state index contributed by atoms with van der Waals surface area (Å²) in [5.74, 6) is -2.10. The maximum atomic E-state index is 13.5. The van der Waals surface area contributed by atoms with Crippen LogP contribution in [0.5, 0.6) is 0 Å². The summed E-state index contributed by atoms with van der Waals surface area (Å²) in [6.45, 7) is 1.39. The minimum atomic E-state index is -4.68. The van der Waals surface area contributed by atoms with Crippen LogP contribution in [0, 0.1) is 12.7 Å². The molecule has 1 N–H and O–H groups in total. The molecule has 0 amide bonds. The van der Waals surface area contributed by atoms with Crippen LogP contribution in [0.1, 0.15) is 5.56 Å². The molecule has 1 aromatic rings. The van der Waals surface area contributed by atoms with E-state index >= 15 is 0 Å². The van der Waals surface area contributed by atoms with Crippen LogP contribution < -0.4 is 5.43 Å². The third kappa shape index (κ3) is 6.69. The highest BCUT2D eigenvalue weighted by Gasteiger charge is 2.28. The van der Waals surface area contributed by atoms with Gasteiger partial charge in [0.15, 0.2) is 0 Å². The number of alkyl halides is 6. The van der Waals surface area contributed by atoms with Gasteiger partial charge >= 0.3 is 12.4 Å². The molecule has 0 aliphatic rings. The van der Waals surface area contributed by atoms with Crippen molar-refractivity contribution in [3.63, 3.8) is 0 Å². The summed E-state index contributed by atoms with van der Waals surface area (Å²) >= 11 is 0.410. The summed E-state index contributed by atoms with van der Waals surface area (Å²) in [4.78, 5) is 0.0958. The zero-order valence-electron chi connectivity index (χ0n) is 10.4. The zero-order chi connectivity index (χ0) is 16.3. The van der Waals surface area contributed by atoms with Gasteiger partial charge in [0.25, 0.3) is 0 Å². The third-order valence-electron chi connectivity index (χ3n) is 2.05. The minimum Gasteiger partial charge on any atom is -0.275 e. The van der Waals surface area contributed by atoms with E-state index in [4.69, 9.17) is 0 Å². The number of benzene rings is 1. The van der Waals surface area contributed by atoms with E-state index in [1.54, 1.807) is 0 Å². The molecule has 0 saturated carbocycles. The summed E-state index contributed by atoms with van der Waals surface area (Å²) in [5, 5.41) is 2.78. The van der Waals surface area contributed by atoms with Gasteiger partial charge in [0.2, 0.25) is 0 Å². The van der Waals surface area contributed by atoms with Gasteiger partial charge in [-0.1, -0.05) is 0 Å². The fourth-order valence-electron chi connectivity index (χ4n) is 1.23. The van der Waals surface area contributed by atoms with Gasteiger partial charge in [-0.2, -0.15) is 31.4 Å². The van der Waals surface area contributed by atoms with Crippen molar-refractivity contribution in [2.45, 2.75) is 24.2 Å². The number of hydrogen-bond donors (Lipinski definition) is 1. The predicted molar refractivity (Wildman–Crippen MR) is 66.1 cm³/mol. The first-order chi connectivity index (χ1) is 9.48. The number of thioether (sulfide) groups is 1. The first kappa shape index (κ1) is 17.6. The summed E-state index contributed by atoms with van der Waals surface area (Å²) in [6.07, 6.45) is -9.48. The van der Waals surface area contributed by atoms with E-state index in [1.807, 2.05) is 5.43 Å². The van der Waals surface area contributed by atoms with Gasteiger partial charge in [-0.25, -0.2) is 4.39 Å². The minimum absolute atomic E-state index is 0.0958. The van der Waals surface area contributed by atoms with E-state index in [1.165, 1.54) is 6.92 Å². The molecule has 0 atom stereocenters. The number of aryl methyl sites for hydroxylation is 1. The van der Waals surface area contributed by atoms with Crippen molar-refractivity contribution in [2.75, 3.05) is 11.2 Å². The second kappa shape index (κ2) is 6.54. The molecule has 10 heteroatoms. The molecule has 0 unspecified atom stereocenters. The molecule has 2 nitrogen and oxygen atoms in total. The number of rotatable bonds is 4. The van der Waals surface area contributed by atoms with Crippen molar-refractivity contribution in [2.24, 2.45) is 5.10 Å². The van der Waals surface area contributed by atoms with Gasteiger partial charge in [-0.15, -0.1) is 11.8 Å². The Kier molecular flexibility index (Phi) is 5.48. The summed E-state index contributed by atoms with van der Waals surface area (Å²) < 4.78 is 85.4. The molecule has 1 rings (SSSR count). The summed E-state index contributed by atoms with van der Waals surface area (Å²) in [7, 11) is 0. The average molecular weight is 334 g/mol.